The molecule has 0 spiro atoms. The van der Waals surface area contributed by atoms with Crippen LogP contribution in [0.15, 0.2) is 30.6 Å². The van der Waals surface area contributed by atoms with Crippen molar-refractivity contribution in [1.29, 1.82) is 0 Å². The predicted molar refractivity (Wildman–Crippen MR) is 70.7 cm³/mol. The second-order valence-corrected chi connectivity index (χ2v) is 3.73. The minimum atomic E-state index is -0.514. The Morgan fingerprint density at radius 3 is 2.90 bits per heavy atom. The van der Waals surface area contributed by atoms with Crippen molar-refractivity contribution in [1.82, 2.24) is 9.97 Å². The average molecular weight is 277 g/mol. The van der Waals surface area contributed by atoms with Crippen molar-refractivity contribution in [2.45, 2.75) is 0 Å². The number of nitrogens with zero attached hydrogens (tertiary/aromatic N) is 2. The summed E-state index contributed by atoms with van der Waals surface area (Å²) in [6.07, 6.45) is 2.65. The van der Waals surface area contributed by atoms with Crippen LogP contribution in [0.4, 0.5) is 15.9 Å². The Morgan fingerprint density at radius 2 is 2.20 bits per heavy atom. The lowest BCUT2D eigenvalue weighted by molar-refractivity contribution is 0.102. The molecule has 0 atom stereocenters. The molecule has 0 aliphatic carbocycles. The van der Waals surface area contributed by atoms with E-state index in [4.69, 9.17) is 10.6 Å². The minimum Gasteiger partial charge on any atom is -0.494 e. The van der Waals surface area contributed by atoms with Crippen LogP contribution in [-0.2, 0) is 0 Å². The third-order valence-electron chi connectivity index (χ3n) is 2.43. The van der Waals surface area contributed by atoms with Crippen molar-refractivity contribution < 1.29 is 13.9 Å². The number of rotatable bonds is 4. The first-order valence-electron chi connectivity index (χ1n) is 5.57. The van der Waals surface area contributed by atoms with E-state index in [9.17, 15) is 9.18 Å². The third-order valence-corrected chi connectivity index (χ3v) is 2.43. The number of hydrogen-bond donors (Lipinski definition) is 3. The van der Waals surface area contributed by atoms with E-state index in [1.54, 1.807) is 0 Å². The maximum absolute atomic E-state index is 13.1. The molecule has 8 heteroatoms. The number of nitrogen functional groups attached to an aromatic ring is 1. The van der Waals surface area contributed by atoms with Crippen LogP contribution in [0.2, 0.25) is 0 Å². The molecule has 2 rings (SSSR count). The Balaban J connectivity index is 2.23. The van der Waals surface area contributed by atoms with Gasteiger partial charge in [-0.3, -0.25) is 9.78 Å². The summed E-state index contributed by atoms with van der Waals surface area (Å²) >= 11 is 0. The van der Waals surface area contributed by atoms with Gasteiger partial charge in [-0.25, -0.2) is 15.2 Å². The van der Waals surface area contributed by atoms with Gasteiger partial charge < -0.3 is 15.5 Å². The van der Waals surface area contributed by atoms with Crippen LogP contribution < -0.4 is 21.3 Å². The number of carbonyl (C=O) groups is 1. The molecule has 2 aromatic rings. The molecule has 0 fully saturated rings. The molecule has 0 saturated carbocycles. The van der Waals surface area contributed by atoms with E-state index in [1.165, 1.54) is 37.7 Å². The molecule has 4 N–H and O–H groups in total. The van der Waals surface area contributed by atoms with Crippen molar-refractivity contribution in [3.05, 3.63) is 42.1 Å². The normalized spacial score (nSPS) is 9.95. The van der Waals surface area contributed by atoms with Crippen LogP contribution in [0.5, 0.6) is 5.75 Å². The summed E-state index contributed by atoms with van der Waals surface area (Å²) in [4.78, 5) is 19.8. The molecule has 1 aromatic carbocycles. The second kappa shape index (κ2) is 5.93. The summed E-state index contributed by atoms with van der Waals surface area (Å²) in [6.45, 7) is 0. The molecule has 1 amide bonds. The van der Waals surface area contributed by atoms with Crippen LogP contribution in [0.1, 0.15) is 10.5 Å². The van der Waals surface area contributed by atoms with Gasteiger partial charge in [0.1, 0.15) is 17.3 Å². The smallest absolute Gasteiger partial charge is 0.276 e. The van der Waals surface area contributed by atoms with E-state index in [0.29, 0.717) is 5.69 Å². The highest BCUT2D eigenvalue weighted by Crippen LogP contribution is 2.25. The lowest BCUT2D eigenvalue weighted by atomic mass is 10.2. The number of anilines is 2. The molecular formula is C12H12FN5O2. The Morgan fingerprint density at radius 1 is 1.40 bits per heavy atom. The maximum atomic E-state index is 13.1. The van der Waals surface area contributed by atoms with Crippen molar-refractivity contribution in [2.75, 3.05) is 17.9 Å². The maximum Gasteiger partial charge on any atom is 0.276 e. The van der Waals surface area contributed by atoms with Crippen molar-refractivity contribution in [3.8, 4) is 5.75 Å². The van der Waals surface area contributed by atoms with Crippen LogP contribution >= 0.6 is 0 Å². The van der Waals surface area contributed by atoms with Crippen molar-refractivity contribution in [3.63, 3.8) is 0 Å². The number of halogens is 1. The molecule has 20 heavy (non-hydrogen) atoms. The molecule has 1 heterocycles. The fraction of sp³-hybridized carbons (Fsp3) is 0.0833. The number of amides is 1. The first-order chi connectivity index (χ1) is 9.63. The number of hydrazine groups is 1. The molecule has 1 aromatic heterocycles. The quantitative estimate of drug-likeness (QED) is 0.572. The SMILES string of the molecule is COc1cc(F)ccc1NC(=O)c1cncc(NN)n1. The Labute approximate surface area is 114 Å². The number of methoxy groups -OCH3 is 1. The summed E-state index contributed by atoms with van der Waals surface area (Å²) in [5.74, 6) is 4.67. The monoisotopic (exact) mass is 277 g/mol. The molecule has 0 aliphatic heterocycles. The summed E-state index contributed by atoms with van der Waals surface area (Å²) in [7, 11) is 1.38. The summed E-state index contributed by atoms with van der Waals surface area (Å²) < 4.78 is 18.0. The summed E-state index contributed by atoms with van der Waals surface area (Å²) in [5.41, 5.74) is 2.68. The molecule has 7 nitrogen and oxygen atoms in total. The van der Waals surface area contributed by atoms with Gasteiger partial charge in [-0.1, -0.05) is 0 Å². The molecular weight excluding hydrogens is 265 g/mol. The minimum absolute atomic E-state index is 0.0619. The lowest BCUT2D eigenvalue weighted by Gasteiger charge is -2.10. The second-order valence-electron chi connectivity index (χ2n) is 3.73. The zero-order chi connectivity index (χ0) is 14.5. The largest absolute Gasteiger partial charge is 0.494 e. The number of aromatic nitrogens is 2. The average Bonchev–Trinajstić information content (AvgIpc) is 2.49. The fourth-order valence-electron chi connectivity index (χ4n) is 1.50. The van der Waals surface area contributed by atoms with Gasteiger partial charge in [0, 0.05) is 6.07 Å². The number of carbonyl (C=O) groups excluding carboxylic acids is 1. The molecule has 0 aliphatic rings. The predicted octanol–water partition coefficient (Wildman–Crippen LogP) is 1.16. The van der Waals surface area contributed by atoms with Gasteiger partial charge in [0.05, 0.1) is 25.2 Å². The van der Waals surface area contributed by atoms with E-state index >= 15 is 0 Å². The number of hydrogen-bond acceptors (Lipinski definition) is 6. The van der Waals surface area contributed by atoms with Gasteiger partial charge in [-0.15, -0.1) is 0 Å². The Kier molecular flexibility index (Phi) is 4.06. The summed E-state index contributed by atoms with van der Waals surface area (Å²) in [5, 5.41) is 2.55. The van der Waals surface area contributed by atoms with Crippen molar-refractivity contribution >= 4 is 17.4 Å². The highest BCUT2D eigenvalue weighted by molar-refractivity contribution is 6.03. The first kappa shape index (κ1) is 13.7. The number of nitrogens with two attached hydrogens (primary N) is 1. The van der Waals surface area contributed by atoms with E-state index in [-0.39, 0.29) is 17.3 Å². The first-order valence-corrected chi connectivity index (χ1v) is 5.57. The van der Waals surface area contributed by atoms with Gasteiger partial charge in [0.25, 0.3) is 5.91 Å². The van der Waals surface area contributed by atoms with Crippen LogP contribution in [0.3, 0.4) is 0 Å². The highest BCUT2D eigenvalue weighted by atomic mass is 19.1. The zero-order valence-electron chi connectivity index (χ0n) is 10.6. The van der Waals surface area contributed by atoms with E-state index in [0.717, 1.165) is 0 Å². The van der Waals surface area contributed by atoms with E-state index in [1.807, 2.05) is 0 Å². The molecule has 104 valence electrons. The van der Waals surface area contributed by atoms with Crippen LogP contribution in [0.25, 0.3) is 0 Å². The molecule has 0 saturated heterocycles. The van der Waals surface area contributed by atoms with Gasteiger partial charge in [0.15, 0.2) is 5.82 Å². The molecule has 0 bridgehead atoms. The van der Waals surface area contributed by atoms with Crippen molar-refractivity contribution in [2.24, 2.45) is 5.84 Å². The topological polar surface area (TPSA) is 102 Å². The molecule has 0 radical (unpaired) electrons. The lowest BCUT2D eigenvalue weighted by Crippen LogP contribution is -2.17. The standard InChI is InChI=1S/C12H12FN5O2/c1-20-10-4-7(13)2-3-8(10)17-12(19)9-5-15-6-11(16-9)18-14/h2-6H,14H2,1H3,(H,16,18)(H,17,19). The van der Waals surface area contributed by atoms with Gasteiger partial charge in [0.2, 0.25) is 0 Å². The molecule has 0 unspecified atom stereocenters. The zero-order valence-corrected chi connectivity index (χ0v) is 10.6. The fourth-order valence-corrected chi connectivity index (χ4v) is 1.50. The number of benzene rings is 1. The van der Waals surface area contributed by atoms with Crippen LogP contribution in [0, 0.1) is 5.82 Å². The van der Waals surface area contributed by atoms with Crippen LogP contribution in [-0.4, -0.2) is 23.0 Å². The third kappa shape index (κ3) is 2.98. The Bertz CT molecular complexity index is 635. The number of nitrogens with one attached hydrogen (secondary N) is 2. The highest BCUT2D eigenvalue weighted by Gasteiger charge is 2.12. The van der Waals surface area contributed by atoms with Gasteiger partial charge in [-0.2, -0.15) is 0 Å². The van der Waals surface area contributed by atoms with E-state index < -0.39 is 11.7 Å². The van der Waals surface area contributed by atoms with Gasteiger partial charge in [-0.05, 0) is 12.1 Å². The number of ether oxygens (including phenoxy) is 1. The Hall–Kier alpha value is -2.74. The van der Waals surface area contributed by atoms with E-state index in [2.05, 4.69) is 20.7 Å². The van der Waals surface area contributed by atoms with Gasteiger partial charge >= 0.3 is 0 Å². The summed E-state index contributed by atoms with van der Waals surface area (Å²) in [6, 6.07) is 3.77.